The zero-order chi connectivity index (χ0) is 19.8. The number of ether oxygens (including phenoxy) is 1. The molecule has 0 aliphatic rings. The minimum atomic E-state index is 0.324. The van der Waals surface area contributed by atoms with Crippen LogP contribution in [-0.4, -0.2) is 32.1 Å². The normalized spacial score (nSPS) is 13.3. The van der Waals surface area contributed by atoms with Crippen LogP contribution in [0.1, 0.15) is 41.9 Å². The maximum atomic E-state index is 5.89. The molecule has 0 radical (unpaired) electrons. The highest BCUT2D eigenvalue weighted by Gasteiger charge is 2.25. The van der Waals surface area contributed by atoms with Crippen molar-refractivity contribution >= 4 is 0 Å². The van der Waals surface area contributed by atoms with E-state index in [0.717, 1.165) is 18.7 Å². The average molecular weight is 374 g/mol. The Morgan fingerprint density at radius 3 is 1.79 bits per heavy atom. The Labute approximate surface area is 169 Å². The second kappa shape index (κ2) is 10.1. The zero-order valence-electron chi connectivity index (χ0n) is 17.2. The van der Waals surface area contributed by atoms with Crippen molar-refractivity contribution in [2.75, 3.05) is 27.2 Å². The van der Waals surface area contributed by atoms with Crippen molar-refractivity contribution in [3.63, 3.8) is 0 Å². The summed E-state index contributed by atoms with van der Waals surface area (Å²) >= 11 is 0. The molecule has 2 nitrogen and oxygen atoms in total. The molecule has 0 aliphatic carbocycles. The molecule has 0 amide bonds. The summed E-state index contributed by atoms with van der Waals surface area (Å²) < 4.78 is 5.89. The van der Waals surface area contributed by atoms with Crippen molar-refractivity contribution in [3.8, 4) is 5.75 Å². The van der Waals surface area contributed by atoms with Gasteiger partial charge in [0.1, 0.15) is 12.4 Å². The summed E-state index contributed by atoms with van der Waals surface area (Å²) in [7, 11) is 4.12. The van der Waals surface area contributed by atoms with Gasteiger partial charge in [0.2, 0.25) is 0 Å². The number of benzene rings is 3. The molecule has 0 fully saturated rings. The molecule has 0 unspecified atom stereocenters. The Hall–Kier alpha value is -2.58. The topological polar surface area (TPSA) is 12.5 Å². The van der Waals surface area contributed by atoms with Crippen molar-refractivity contribution in [1.82, 2.24) is 4.90 Å². The Bertz CT molecular complexity index is 812. The largest absolute Gasteiger partial charge is 0.492 e. The first-order chi connectivity index (χ1) is 13.7. The van der Waals surface area contributed by atoms with Crippen LogP contribution in [0.25, 0.3) is 0 Å². The summed E-state index contributed by atoms with van der Waals surface area (Å²) in [5.41, 5.74) is 4.09. The van der Waals surface area contributed by atoms with Gasteiger partial charge in [-0.25, -0.2) is 0 Å². The molecule has 0 aromatic heterocycles. The fourth-order valence-corrected chi connectivity index (χ4v) is 3.80. The monoisotopic (exact) mass is 373 g/mol. The first kappa shape index (κ1) is 20.2. The molecule has 3 rings (SSSR count). The quantitative estimate of drug-likeness (QED) is 0.459. The second-order valence-corrected chi connectivity index (χ2v) is 7.53. The number of hydrogen-bond donors (Lipinski definition) is 0. The molecule has 0 aliphatic heterocycles. The van der Waals surface area contributed by atoms with Gasteiger partial charge in [-0.1, -0.05) is 79.7 Å². The summed E-state index contributed by atoms with van der Waals surface area (Å²) in [6, 6.07) is 30.4. The molecule has 2 heteroatoms. The minimum Gasteiger partial charge on any atom is -0.492 e. The fourth-order valence-electron chi connectivity index (χ4n) is 3.80. The lowest BCUT2D eigenvalue weighted by molar-refractivity contribution is 0.261. The van der Waals surface area contributed by atoms with Gasteiger partial charge in [-0.15, -0.1) is 0 Å². The lowest BCUT2D eigenvalue weighted by Gasteiger charge is -2.28. The summed E-state index contributed by atoms with van der Waals surface area (Å²) in [5, 5.41) is 0. The van der Waals surface area contributed by atoms with Gasteiger partial charge >= 0.3 is 0 Å². The van der Waals surface area contributed by atoms with E-state index in [1.807, 2.05) is 0 Å². The van der Waals surface area contributed by atoms with Crippen LogP contribution in [0.3, 0.4) is 0 Å². The highest BCUT2D eigenvalue weighted by Crippen LogP contribution is 2.40. The molecule has 28 heavy (non-hydrogen) atoms. The predicted molar refractivity (Wildman–Crippen MR) is 118 cm³/mol. The van der Waals surface area contributed by atoms with Gasteiger partial charge in [0.25, 0.3) is 0 Å². The Kier molecular flexibility index (Phi) is 7.27. The molecule has 146 valence electrons. The number of likely N-dealkylation sites (N-methyl/N-ethyl adjacent to an activating group) is 1. The summed E-state index contributed by atoms with van der Waals surface area (Å²) in [5.74, 6) is 1.69. The fraction of sp³-hybridized carbons (Fsp3) is 0.308. The van der Waals surface area contributed by atoms with Gasteiger partial charge < -0.3 is 9.64 Å². The van der Waals surface area contributed by atoms with Crippen LogP contribution >= 0.6 is 0 Å². The van der Waals surface area contributed by atoms with Crippen LogP contribution in [0, 0.1) is 0 Å². The van der Waals surface area contributed by atoms with E-state index in [1.54, 1.807) is 0 Å². The standard InChI is InChI=1S/C26H31NO/c1-4-25(21-11-7-5-8-12-21)26(22-13-9-6-10-14-22)23-15-17-24(18-16-23)28-20-19-27(2)3/h5-18,25-26H,4,19-20H2,1-3H3/t25-,26-/m0/s1. The molecule has 0 bridgehead atoms. The van der Waals surface area contributed by atoms with E-state index in [9.17, 15) is 0 Å². The summed E-state index contributed by atoms with van der Waals surface area (Å²) in [6.45, 7) is 3.91. The highest BCUT2D eigenvalue weighted by atomic mass is 16.5. The van der Waals surface area contributed by atoms with E-state index in [2.05, 4.69) is 111 Å². The van der Waals surface area contributed by atoms with Gasteiger partial charge in [-0.3, -0.25) is 0 Å². The van der Waals surface area contributed by atoms with Crippen LogP contribution in [0.4, 0.5) is 0 Å². The molecule has 0 N–H and O–H groups in total. The van der Waals surface area contributed by atoms with Crippen molar-refractivity contribution in [2.24, 2.45) is 0 Å². The Balaban J connectivity index is 1.89. The first-order valence-electron chi connectivity index (χ1n) is 10.2. The molecular formula is C26H31NO. The summed E-state index contributed by atoms with van der Waals surface area (Å²) in [4.78, 5) is 2.13. The van der Waals surface area contributed by atoms with Crippen molar-refractivity contribution < 1.29 is 4.74 Å². The smallest absolute Gasteiger partial charge is 0.119 e. The van der Waals surface area contributed by atoms with Crippen molar-refractivity contribution in [1.29, 1.82) is 0 Å². The third-order valence-corrected chi connectivity index (χ3v) is 5.28. The molecule has 3 aromatic rings. The van der Waals surface area contributed by atoms with E-state index < -0.39 is 0 Å². The number of rotatable bonds is 9. The van der Waals surface area contributed by atoms with E-state index in [4.69, 9.17) is 4.74 Å². The van der Waals surface area contributed by atoms with Crippen LogP contribution in [0.2, 0.25) is 0 Å². The predicted octanol–water partition coefficient (Wildman–Crippen LogP) is 5.95. The van der Waals surface area contributed by atoms with Crippen LogP contribution in [-0.2, 0) is 0 Å². The molecule has 0 heterocycles. The molecular weight excluding hydrogens is 342 g/mol. The maximum absolute atomic E-state index is 5.89. The van der Waals surface area contributed by atoms with E-state index in [0.29, 0.717) is 18.4 Å². The molecule has 0 saturated carbocycles. The van der Waals surface area contributed by atoms with Gasteiger partial charge in [0.15, 0.2) is 0 Å². The molecule has 2 atom stereocenters. The lowest BCUT2D eigenvalue weighted by Crippen LogP contribution is -2.19. The van der Waals surface area contributed by atoms with Crippen molar-refractivity contribution in [3.05, 3.63) is 102 Å². The highest BCUT2D eigenvalue weighted by molar-refractivity contribution is 5.40. The first-order valence-corrected chi connectivity index (χ1v) is 10.2. The SMILES string of the molecule is CC[C@@H](c1ccccc1)[C@@H](c1ccccc1)c1ccc(OCCN(C)C)cc1. The molecule has 0 spiro atoms. The second-order valence-electron chi connectivity index (χ2n) is 7.53. The molecule has 0 saturated heterocycles. The van der Waals surface area contributed by atoms with Crippen LogP contribution < -0.4 is 4.74 Å². The third kappa shape index (κ3) is 5.24. The van der Waals surface area contributed by atoms with Gasteiger partial charge in [0.05, 0.1) is 0 Å². The summed E-state index contributed by atoms with van der Waals surface area (Å²) in [6.07, 6.45) is 1.09. The number of hydrogen-bond acceptors (Lipinski definition) is 2. The van der Waals surface area contributed by atoms with Gasteiger partial charge in [-0.05, 0) is 55.3 Å². The van der Waals surface area contributed by atoms with E-state index in [-0.39, 0.29) is 0 Å². The third-order valence-electron chi connectivity index (χ3n) is 5.28. The number of nitrogens with zero attached hydrogens (tertiary/aromatic N) is 1. The minimum absolute atomic E-state index is 0.324. The zero-order valence-corrected chi connectivity index (χ0v) is 17.2. The van der Waals surface area contributed by atoms with Crippen LogP contribution in [0.15, 0.2) is 84.9 Å². The average Bonchev–Trinajstić information content (AvgIpc) is 2.73. The lowest BCUT2D eigenvalue weighted by atomic mass is 9.76. The van der Waals surface area contributed by atoms with E-state index >= 15 is 0 Å². The van der Waals surface area contributed by atoms with E-state index in [1.165, 1.54) is 16.7 Å². The van der Waals surface area contributed by atoms with Gasteiger partial charge in [-0.2, -0.15) is 0 Å². The Morgan fingerprint density at radius 1 is 0.714 bits per heavy atom. The van der Waals surface area contributed by atoms with Gasteiger partial charge in [0, 0.05) is 12.5 Å². The molecule has 3 aromatic carbocycles. The maximum Gasteiger partial charge on any atom is 0.119 e. The van der Waals surface area contributed by atoms with Crippen LogP contribution in [0.5, 0.6) is 5.75 Å². The van der Waals surface area contributed by atoms with Crippen molar-refractivity contribution in [2.45, 2.75) is 25.2 Å². The Morgan fingerprint density at radius 2 is 1.25 bits per heavy atom.